The van der Waals surface area contributed by atoms with Crippen molar-refractivity contribution in [3.8, 4) is 0 Å². The zero-order chi connectivity index (χ0) is 9.26. The highest BCUT2D eigenvalue weighted by Crippen LogP contribution is 2.42. The van der Waals surface area contributed by atoms with Crippen molar-refractivity contribution < 1.29 is 4.79 Å². The summed E-state index contributed by atoms with van der Waals surface area (Å²) in [6.07, 6.45) is 8.09. The van der Waals surface area contributed by atoms with Crippen LogP contribution < -0.4 is 5.32 Å². The van der Waals surface area contributed by atoms with Gasteiger partial charge in [0, 0.05) is 13.0 Å². The highest BCUT2D eigenvalue weighted by molar-refractivity contribution is 5.73. The molecule has 0 bridgehead atoms. The van der Waals surface area contributed by atoms with Crippen LogP contribution in [0, 0.1) is 11.8 Å². The third-order valence-electron chi connectivity index (χ3n) is 3.72. The van der Waals surface area contributed by atoms with Crippen molar-refractivity contribution >= 4 is 5.91 Å². The molecule has 0 aromatic heterocycles. The van der Waals surface area contributed by atoms with Gasteiger partial charge in [0.15, 0.2) is 0 Å². The largest absolute Gasteiger partial charge is 0.353 e. The Morgan fingerprint density at radius 2 is 1.92 bits per heavy atom. The number of carbonyl (C=O) groups is 1. The number of rotatable bonds is 1. The maximum absolute atomic E-state index is 11.0. The predicted octanol–water partition coefficient (Wildman–Crippen LogP) is 2.09. The van der Waals surface area contributed by atoms with E-state index in [1.807, 2.05) is 0 Å². The number of hydrogen-bond acceptors (Lipinski definition) is 1. The minimum absolute atomic E-state index is 0.149. The molecule has 1 N–H and O–H groups in total. The molecule has 0 unspecified atom stereocenters. The normalized spacial score (nSPS) is 38.4. The fraction of sp³-hybridized carbons (Fsp3) is 0.909. The molecule has 0 aromatic carbocycles. The van der Waals surface area contributed by atoms with Gasteiger partial charge in [0.2, 0.25) is 5.91 Å². The summed E-state index contributed by atoms with van der Waals surface area (Å²) >= 11 is 0. The fourth-order valence-electron chi connectivity index (χ4n) is 3.17. The molecule has 2 heteroatoms. The van der Waals surface area contributed by atoms with Crippen molar-refractivity contribution in [1.29, 1.82) is 0 Å². The van der Waals surface area contributed by atoms with Crippen LogP contribution in [-0.2, 0) is 4.79 Å². The molecule has 2 fully saturated rings. The SMILES string of the molecule is CC(=O)N[C@H]1CC[C@H]2CCCC[C@@H]21. The lowest BCUT2D eigenvalue weighted by atomic mass is 9.80. The van der Waals surface area contributed by atoms with Crippen LogP contribution in [0.3, 0.4) is 0 Å². The molecule has 2 nitrogen and oxygen atoms in total. The minimum Gasteiger partial charge on any atom is -0.353 e. The minimum atomic E-state index is 0.149. The molecule has 1 amide bonds. The average Bonchev–Trinajstić information content (AvgIpc) is 2.48. The first-order valence-electron chi connectivity index (χ1n) is 5.54. The molecule has 74 valence electrons. The summed E-state index contributed by atoms with van der Waals surface area (Å²) in [5, 5.41) is 3.10. The van der Waals surface area contributed by atoms with Crippen LogP contribution >= 0.6 is 0 Å². The van der Waals surface area contributed by atoms with Crippen molar-refractivity contribution in [3.05, 3.63) is 0 Å². The lowest BCUT2D eigenvalue weighted by Gasteiger charge is -2.29. The maximum atomic E-state index is 11.0. The van der Waals surface area contributed by atoms with Gasteiger partial charge in [0.25, 0.3) is 0 Å². The summed E-state index contributed by atoms with van der Waals surface area (Å²) in [5.74, 6) is 1.87. The number of fused-ring (bicyclic) bond motifs is 1. The topological polar surface area (TPSA) is 29.1 Å². The number of amides is 1. The molecule has 2 aliphatic rings. The summed E-state index contributed by atoms with van der Waals surface area (Å²) in [6, 6.07) is 0.503. The van der Waals surface area contributed by atoms with E-state index in [4.69, 9.17) is 0 Å². The van der Waals surface area contributed by atoms with Crippen molar-refractivity contribution in [1.82, 2.24) is 5.32 Å². The standard InChI is InChI=1S/C11H19NO/c1-8(13)12-11-7-6-9-4-2-3-5-10(9)11/h9-11H,2-7H2,1H3,(H,12,13)/t9-,10+,11+/m1/s1. The van der Waals surface area contributed by atoms with E-state index in [-0.39, 0.29) is 5.91 Å². The first-order chi connectivity index (χ1) is 6.27. The van der Waals surface area contributed by atoms with E-state index >= 15 is 0 Å². The molecule has 2 saturated carbocycles. The number of hydrogen-bond donors (Lipinski definition) is 1. The van der Waals surface area contributed by atoms with Gasteiger partial charge in [-0.2, -0.15) is 0 Å². The zero-order valence-electron chi connectivity index (χ0n) is 8.38. The highest BCUT2D eigenvalue weighted by Gasteiger charge is 2.37. The van der Waals surface area contributed by atoms with Crippen LogP contribution in [0.25, 0.3) is 0 Å². The maximum Gasteiger partial charge on any atom is 0.217 e. The second-order valence-electron chi connectivity index (χ2n) is 4.59. The van der Waals surface area contributed by atoms with Gasteiger partial charge in [-0.05, 0) is 31.1 Å². The van der Waals surface area contributed by atoms with Crippen LogP contribution in [0.5, 0.6) is 0 Å². The van der Waals surface area contributed by atoms with E-state index in [0.717, 1.165) is 11.8 Å². The Bertz CT molecular complexity index is 202. The van der Waals surface area contributed by atoms with E-state index in [1.54, 1.807) is 6.92 Å². The van der Waals surface area contributed by atoms with E-state index in [1.165, 1.54) is 38.5 Å². The lowest BCUT2D eigenvalue weighted by Crippen LogP contribution is -2.38. The summed E-state index contributed by atoms with van der Waals surface area (Å²) < 4.78 is 0. The van der Waals surface area contributed by atoms with Crippen LogP contribution in [0.1, 0.15) is 45.4 Å². The van der Waals surface area contributed by atoms with Gasteiger partial charge in [0.05, 0.1) is 0 Å². The molecule has 0 heterocycles. The van der Waals surface area contributed by atoms with E-state index in [2.05, 4.69) is 5.32 Å². The summed E-state index contributed by atoms with van der Waals surface area (Å²) in [7, 11) is 0. The highest BCUT2D eigenvalue weighted by atomic mass is 16.1. The van der Waals surface area contributed by atoms with E-state index in [0.29, 0.717) is 6.04 Å². The average molecular weight is 181 g/mol. The zero-order valence-corrected chi connectivity index (χ0v) is 8.38. The Morgan fingerprint density at radius 1 is 1.15 bits per heavy atom. The van der Waals surface area contributed by atoms with Crippen molar-refractivity contribution in [2.24, 2.45) is 11.8 Å². The number of carbonyl (C=O) groups excluding carboxylic acids is 1. The Labute approximate surface area is 80.1 Å². The van der Waals surface area contributed by atoms with Gasteiger partial charge in [0.1, 0.15) is 0 Å². The van der Waals surface area contributed by atoms with Gasteiger partial charge in [-0.1, -0.05) is 19.3 Å². The Balaban J connectivity index is 1.94. The first kappa shape index (κ1) is 9.04. The van der Waals surface area contributed by atoms with Crippen molar-refractivity contribution in [2.75, 3.05) is 0 Å². The smallest absolute Gasteiger partial charge is 0.217 e. The van der Waals surface area contributed by atoms with Gasteiger partial charge in [-0.15, -0.1) is 0 Å². The van der Waals surface area contributed by atoms with Crippen LogP contribution in [0.2, 0.25) is 0 Å². The van der Waals surface area contributed by atoms with Crippen LogP contribution in [-0.4, -0.2) is 11.9 Å². The summed E-state index contributed by atoms with van der Waals surface area (Å²) in [4.78, 5) is 11.0. The molecule has 0 aliphatic heterocycles. The molecule has 0 radical (unpaired) electrons. The second kappa shape index (κ2) is 3.69. The summed E-state index contributed by atoms with van der Waals surface area (Å²) in [5.41, 5.74) is 0. The van der Waals surface area contributed by atoms with E-state index < -0.39 is 0 Å². The number of nitrogens with one attached hydrogen (secondary N) is 1. The molecule has 0 saturated heterocycles. The predicted molar refractivity (Wildman–Crippen MR) is 52.3 cm³/mol. The van der Waals surface area contributed by atoms with Crippen molar-refractivity contribution in [2.45, 2.75) is 51.5 Å². The Morgan fingerprint density at radius 3 is 2.69 bits per heavy atom. The lowest BCUT2D eigenvalue weighted by molar-refractivity contribution is -0.120. The molecular weight excluding hydrogens is 162 g/mol. The molecule has 0 aromatic rings. The Hall–Kier alpha value is -0.530. The molecular formula is C11H19NO. The van der Waals surface area contributed by atoms with Crippen molar-refractivity contribution in [3.63, 3.8) is 0 Å². The molecule has 0 spiro atoms. The fourth-order valence-corrected chi connectivity index (χ4v) is 3.17. The molecule has 3 atom stereocenters. The van der Waals surface area contributed by atoms with Crippen LogP contribution in [0.15, 0.2) is 0 Å². The van der Waals surface area contributed by atoms with Crippen LogP contribution in [0.4, 0.5) is 0 Å². The third kappa shape index (κ3) is 1.87. The molecule has 13 heavy (non-hydrogen) atoms. The van der Waals surface area contributed by atoms with Gasteiger partial charge in [-0.25, -0.2) is 0 Å². The quantitative estimate of drug-likeness (QED) is 0.659. The van der Waals surface area contributed by atoms with Gasteiger partial charge in [-0.3, -0.25) is 4.79 Å². The van der Waals surface area contributed by atoms with E-state index in [9.17, 15) is 4.79 Å². The summed E-state index contributed by atoms with van der Waals surface area (Å²) in [6.45, 7) is 1.64. The van der Waals surface area contributed by atoms with Gasteiger partial charge < -0.3 is 5.32 Å². The first-order valence-corrected chi connectivity index (χ1v) is 5.54. The van der Waals surface area contributed by atoms with Gasteiger partial charge >= 0.3 is 0 Å². The second-order valence-corrected chi connectivity index (χ2v) is 4.59. The Kier molecular flexibility index (Phi) is 2.56. The molecule has 2 aliphatic carbocycles. The third-order valence-corrected chi connectivity index (χ3v) is 3.72. The molecule has 2 rings (SSSR count). The monoisotopic (exact) mass is 181 g/mol.